The molecule has 21 heavy (non-hydrogen) atoms. The molecular formula is C17H28ClN3. The molecule has 4 heteroatoms. The zero-order valence-corrected chi connectivity index (χ0v) is 14.5. The highest BCUT2D eigenvalue weighted by molar-refractivity contribution is 6.33. The number of rotatable bonds is 6. The van der Waals surface area contributed by atoms with Crippen molar-refractivity contribution in [1.82, 2.24) is 10.3 Å². The molecule has 1 aromatic rings. The van der Waals surface area contributed by atoms with Crippen molar-refractivity contribution in [3.05, 3.63) is 22.8 Å². The van der Waals surface area contributed by atoms with Gasteiger partial charge in [-0.05, 0) is 42.9 Å². The van der Waals surface area contributed by atoms with E-state index in [0.717, 1.165) is 36.0 Å². The molecule has 0 aromatic carbocycles. The molecule has 3 nitrogen and oxygen atoms in total. The van der Waals surface area contributed by atoms with Gasteiger partial charge in [0, 0.05) is 25.3 Å². The third-order valence-electron chi connectivity index (χ3n) is 4.10. The topological polar surface area (TPSA) is 28.2 Å². The maximum atomic E-state index is 6.49. The number of hydrogen-bond donors (Lipinski definition) is 1. The lowest BCUT2D eigenvalue weighted by molar-refractivity contribution is 0.489. The molecule has 0 amide bonds. The summed E-state index contributed by atoms with van der Waals surface area (Å²) in [6.07, 6.45) is 4.44. The molecule has 1 aliphatic rings. The minimum Gasteiger partial charge on any atom is -0.352 e. The number of anilines is 1. The van der Waals surface area contributed by atoms with E-state index in [0.29, 0.717) is 17.9 Å². The molecule has 1 fully saturated rings. The van der Waals surface area contributed by atoms with Crippen molar-refractivity contribution in [1.29, 1.82) is 0 Å². The van der Waals surface area contributed by atoms with Gasteiger partial charge in [0.05, 0.1) is 5.02 Å². The first-order chi connectivity index (χ1) is 9.99. The second kappa shape index (κ2) is 7.46. The zero-order chi connectivity index (χ0) is 15.4. The highest BCUT2D eigenvalue weighted by atomic mass is 35.5. The third kappa shape index (κ3) is 4.33. The van der Waals surface area contributed by atoms with Crippen molar-refractivity contribution in [2.45, 2.75) is 53.1 Å². The van der Waals surface area contributed by atoms with E-state index in [1.54, 1.807) is 0 Å². The number of halogens is 1. The van der Waals surface area contributed by atoms with Crippen LogP contribution in [0.4, 0.5) is 5.82 Å². The Morgan fingerprint density at radius 3 is 2.76 bits per heavy atom. The lowest BCUT2D eigenvalue weighted by Gasteiger charge is -2.29. The maximum absolute atomic E-state index is 6.49. The van der Waals surface area contributed by atoms with Crippen LogP contribution in [0, 0.1) is 11.8 Å². The van der Waals surface area contributed by atoms with Crippen LogP contribution >= 0.6 is 11.6 Å². The summed E-state index contributed by atoms with van der Waals surface area (Å²) in [4.78, 5) is 7.03. The smallest absolute Gasteiger partial charge is 0.147 e. The maximum Gasteiger partial charge on any atom is 0.147 e. The average Bonchev–Trinajstić information content (AvgIpc) is 2.87. The van der Waals surface area contributed by atoms with Gasteiger partial charge in [-0.2, -0.15) is 0 Å². The quantitative estimate of drug-likeness (QED) is 0.857. The van der Waals surface area contributed by atoms with E-state index in [9.17, 15) is 0 Å². The van der Waals surface area contributed by atoms with Gasteiger partial charge in [0.1, 0.15) is 5.82 Å². The highest BCUT2D eigenvalue weighted by Crippen LogP contribution is 2.33. The van der Waals surface area contributed by atoms with Crippen molar-refractivity contribution in [2.24, 2.45) is 11.8 Å². The fourth-order valence-electron chi connectivity index (χ4n) is 3.03. The fourth-order valence-corrected chi connectivity index (χ4v) is 3.33. The Labute approximate surface area is 134 Å². The van der Waals surface area contributed by atoms with Gasteiger partial charge in [0.2, 0.25) is 0 Å². The van der Waals surface area contributed by atoms with Gasteiger partial charge in [-0.15, -0.1) is 0 Å². The Morgan fingerprint density at radius 2 is 2.14 bits per heavy atom. The second-order valence-corrected chi connectivity index (χ2v) is 7.23. The first-order valence-electron chi connectivity index (χ1n) is 8.10. The molecule has 1 aromatic heterocycles. The SMILES string of the molecule is CC(C)CNCc1cnc(N2CCCC2C(C)C)c(Cl)c1. The highest BCUT2D eigenvalue weighted by Gasteiger charge is 2.29. The minimum atomic E-state index is 0.569. The van der Waals surface area contributed by atoms with Gasteiger partial charge in [0.15, 0.2) is 0 Å². The monoisotopic (exact) mass is 309 g/mol. The molecule has 0 saturated carbocycles. The number of hydrogen-bond acceptors (Lipinski definition) is 3. The van der Waals surface area contributed by atoms with Crippen LogP contribution in [0.15, 0.2) is 12.3 Å². The molecule has 1 saturated heterocycles. The number of aromatic nitrogens is 1. The summed E-state index contributed by atoms with van der Waals surface area (Å²) in [7, 11) is 0. The fraction of sp³-hybridized carbons (Fsp3) is 0.706. The lowest BCUT2D eigenvalue weighted by Crippen LogP contribution is -2.34. The van der Waals surface area contributed by atoms with Crippen LogP contribution in [0.25, 0.3) is 0 Å². The molecule has 1 N–H and O–H groups in total. The largest absolute Gasteiger partial charge is 0.352 e. The van der Waals surface area contributed by atoms with Gasteiger partial charge in [-0.1, -0.05) is 39.3 Å². The molecule has 0 radical (unpaired) electrons. The Morgan fingerprint density at radius 1 is 1.38 bits per heavy atom. The van der Waals surface area contributed by atoms with E-state index in [1.165, 1.54) is 12.8 Å². The Balaban J connectivity index is 2.05. The van der Waals surface area contributed by atoms with Crippen molar-refractivity contribution in [2.75, 3.05) is 18.0 Å². The van der Waals surface area contributed by atoms with Crippen LogP contribution in [-0.4, -0.2) is 24.1 Å². The van der Waals surface area contributed by atoms with Crippen molar-refractivity contribution >= 4 is 17.4 Å². The van der Waals surface area contributed by atoms with Gasteiger partial charge in [-0.25, -0.2) is 4.98 Å². The summed E-state index contributed by atoms with van der Waals surface area (Å²) >= 11 is 6.49. The summed E-state index contributed by atoms with van der Waals surface area (Å²) in [5.74, 6) is 2.25. The summed E-state index contributed by atoms with van der Waals surface area (Å²) in [5, 5.41) is 4.22. The zero-order valence-electron chi connectivity index (χ0n) is 13.7. The van der Waals surface area contributed by atoms with Crippen LogP contribution in [0.5, 0.6) is 0 Å². The predicted octanol–water partition coefficient (Wildman–Crippen LogP) is 4.11. The van der Waals surface area contributed by atoms with Crippen LogP contribution in [-0.2, 0) is 6.54 Å². The molecule has 0 aliphatic carbocycles. The van der Waals surface area contributed by atoms with E-state index in [-0.39, 0.29) is 0 Å². The van der Waals surface area contributed by atoms with Crippen LogP contribution in [0.1, 0.15) is 46.1 Å². The van der Waals surface area contributed by atoms with Gasteiger partial charge in [0.25, 0.3) is 0 Å². The predicted molar refractivity (Wildman–Crippen MR) is 91.0 cm³/mol. The van der Waals surface area contributed by atoms with E-state index in [4.69, 9.17) is 11.6 Å². The molecule has 2 heterocycles. The van der Waals surface area contributed by atoms with E-state index in [1.807, 2.05) is 6.20 Å². The van der Waals surface area contributed by atoms with Crippen LogP contribution in [0.3, 0.4) is 0 Å². The summed E-state index contributed by atoms with van der Waals surface area (Å²) < 4.78 is 0. The van der Waals surface area contributed by atoms with E-state index >= 15 is 0 Å². The Bertz CT molecular complexity index is 459. The van der Waals surface area contributed by atoms with Crippen LogP contribution < -0.4 is 10.2 Å². The first-order valence-corrected chi connectivity index (χ1v) is 8.48. The normalized spacial score (nSPS) is 19.0. The van der Waals surface area contributed by atoms with Crippen molar-refractivity contribution in [3.8, 4) is 0 Å². The van der Waals surface area contributed by atoms with Crippen LogP contribution in [0.2, 0.25) is 5.02 Å². The summed E-state index contributed by atoms with van der Waals surface area (Å²) in [6, 6.07) is 2.63. The van der Waals surface area contributed by atoms with Gasteiger partial charge >= 0.3 is 0 Å². The summed E-state index contributed by atoms with van der Waals surface area (Å²) in [6.45, 7) is 11.9. The Kier molecular flexibility index (Phi) is 5.88. The second-order valence-electron chi connectivity index (χ2n) is 6.82. The average molecular weight is 310 g/mol. The molecule has 1 unspecified atom stereocenters. The van der Waals surface area contributed by atoms with Gasteiger partial charge in [-0.3, -0.25) is 0 Å². The molecule has 1 aliphatic heterocycles. The Hall–Kier alpha value is -0.800. The molecular weight excluding hydrogens is 282 g/mol. The van der Waals surface area contributed by atoms with E-state index < -0.39 is 0 Å². The molecule has 118 valence electrons. The number of pyridine rings is 1. The third-order valence-corrected chi connectivity index (χ3v) is 4.38. The van der Waals surface area contributed by atoms with Crippen molar-refractivity contribution < 1.29 is 0 Å². The molecule has 0 spiro atoms. The molecule has 0 bridgehead atoms. The van der Waals surface area contributed by atoms with E-state index in [2.05, 4.69) is 49.0 Å². The lowest BCUT2D eigenvalue weighted by atomic mass is 10.0. The number of nitrogens with one attached hydrogen (secondary N) is 1. The molecule has 1 atom stereocenters. The summed E-state index contributed by atoms with van der Waals surface area (Å²) in [5.41, 5.74) is 1.16. The standard InChI is InChI=1S/C17H28ClN3/c1-12(2)9-19-10-14-8-15(18)17(20-11-14)21-7-5-6-16(21)13(3)4/h8,11-13,16,19H,5-7,9-10H2,1-4H3. The minimum absolute atomic E-state index is 0.569. The number of nitrogens with zero attached hydrogens (tertiary/aromatic N) is 2. The first kappa shape index (κ1) is 16.6. The van der Waals surface area contributed by atoms with Crippen molar-refractivity contribution in [3.63, 3.8) is 0 Å². The molecule has 2 rings (SSSR count). The van der Waals surface area contributed by atoms with Gasteiger partial charge < -0.3 is 10.2 Å².